The van der Waals surface area contributed by atoms with E-state index in [0.29, 0.717) is 17.3 Å². The van der Waals surface area contributed by atoms with Gasteiger partial charge in [-0.05, 0) is 68.3 Å². The van der Waals surface area contributed by atoms with Gasteiger partial charge in [0, 0.05) is 24.8 Å². The zero-order chi connectivity index (χ0) is 23.4. The number of anilines is 2. The maximum Gasteiger partial charge on any atom is 0.338 e. The summed E-state index contributed by atoms with van der Waals surface area (Å²) in [6, 6.07) is 14.1. The number of imide groups is 1. The lowest BCUT2D eigenvalue weighted by Crippen LogP contribution is -2.48. The summed E-state index contributed by atoms with van der Waals surface area (Å²) < 4.78 is 10.2. The molecule has 2 aliphatic rings. The SMILES string of the molecule is CCOC(=O)c1ccc(N2C(=O)C[C@@H](N3CCC(Nc4ccc(OC)cc4)CC3)C2=O)cc1. The van der Waals surface area contributed by atoms with Gasteiger partial charge in [0.25, 0.3) is 5.91 Å². The highest BCUT2D eigenvalue weighted by Crippen LogP contribution is 2.28. The Balaban J connectivity index is 1.34. The highest BCUT2D eigenvalue weighted by molar-refractivity contribution is 6.22. The van der Waals surface area contributed by atoms with E-state index in [1.807, 2.05) is 24.3 Å². The summed E-state index contributed by atoms with van der Waals surface area (Å²) >= 11 is 0. The molecule has 0 aliphatic carbocycles. The lowest BCUT2D eigenvalue weighted by Gasteiger charge is -2.35. The van der Waals surface area contributed by atoms with Crippen molar-refractivity contribution in [2.75, 3.05) is 37.0 Å². The van der Waals surface area contributed by atoms with Crippen molar-refractivity contribution >= 4 is 29.2 Å². The predicted octanol–water partition coefficient (Wildman–Crippen LogP) is 3.08. The molecule has 0 spiro atoms. The van der Waals surface area contributed by atoms with Gasteiger partial charge >= 0.3 is 5.97 Å². The van der Waals surface area contributed by atoms with E-state index in [4.69, 9.17) is 9.47 Å². The van der Waals surface area contributed by atoms with E-state index < -0.39 is 12.0 Å². The van der Waals surface area contributed by atoms with E-state index in [-0.39, 0.29) is 24.8 Å². The molecule has 33 heavy (non-hydrogen) atoms. The molecule has 2 aromatic carbocycles. The van der Waals surface area contributed by atoms with Gasteiger partial charge in [0.05, 0.1) is 37.4 Å². The molecule has 0 saturated carbocycles. The molecule has 2 fully saturated rings. The second-order valence-corrected chi connectivity index (χ2v) is 8.24. The highest BCUT2D eigenvalue weighted by Gasteiger charge is 2.43. The fraction of sp³-hybridized carbons (Fsp3) is 0.400. The van der Waals surface area contributed by atoms with Crippen LogP contribution in [0.15, 0.2) is 48.5 Å². The van der Waals surface area contributed by atoms with Crippen LogP contribution in [0.2, 0.25) is 0 Å². The Kier molecular flexibility index (Phi) is 6.93. The minimum absolute atomic E-state index is 0.176. The number of nitrogens with zero attached hydrogens (tertiary/aromatic N) is 2. The van der Waals surface area contributed by atoms with Crippen LogP contribution in [0, 0.1) is 0 Å². The van der Waals surface area contributed by atoms with E-state index >= 15 is 0 Å². The largest absolute Gasteiger partial charge is 0.497 e. The van der Waals surface area contributed by atoms with E-state index in [2.05, 4.69) is 10.2 Å². The van der Waals surface area contributed by atoms with Gasteiger partial charge in [-0.25, -0.2) is 9.69 Å². The van der Waals surface area contributed by atoms with E-state index in [1.54, 1.807) is 38.3 Å². The van der Waals surface area contributed by atoms with Crippen LogP contribution in [0.3, 0.4) is 0 Å². The smallest absolute Gasteiger partial charge is 0.338 e. The van der Waals surface area contributed by atoms with Crippen molar-refractivity contribution in [1.82, 2.24) is 4.90 Å². The predicted molar refractivity (Wildman–Crippen MR) is 125 cm³/mol. The van der Waals surface area contributed by atoms with Crippen LogP contribution in [0.5, 0.6) is 5.75 Å². The van der Waals surface area contributed by atoms with Gasteiger partial charge in [-0.2, -0.15) is 0 Å². The summed E-state index contributed by atoms with van der Waals surface area (Å²) in [6.45, 7) is 3.52. The number of benzene rings is 2. The Morgan fingerprint density at radius 2 is 1.70 bits per heavy atom. The summed E-state index contributed by atoms with van der Waals surface area (Å²) in [5.41, 5.74) is 1.91. The maximum absolute atomic E-state index is 13.1. The van der Waals surface area contributed by atoms with Crippen LogP contribution in [0.1, 0.15) is 36.5 Å². The van der Waals surface area contributed by atoms with Crippen LogP contribution in [0.25, 0.3) is 0 Å². The third kappa shape index (κ3) is 5.01. The van der Waals surface area contributed by atoms with Crippen molar-refractivity contribution in [3.8, 4) is 5.75 Å². The number of esters is 1. The van der Waals surface area contributed by atoms with Crippen LogP contribution in [0.4, 0.5) is 11.4 Å². The molecule has 4 rings (SSSR count). The minimum Gasteiger partial charge on any atom is -0.497 e. The summed E-state index contributed by atoms with van der Waals surface area (Å²) in [7, 11) is 1.65. The average molecular weight is 452 g/mol. The van der Waals surface area contributed by atoms with Crippen LogP contribution < -0.4 is 15.0 Å². The molecule has 0 unspecified atom stereocenters. The second-order valence-electron chi connectivity index (χ2n) is 8.24. The van der Waals surface area contributed by atoms with Gasteiger partial charge in [-0.15, -0.1) is 0 Å². The Morgan fingerprint density at radius 3 is 2.30 bits per heavy atom. The third-order valence-electron chi connectivity index (χ3n) is 6.19. The van der Waals surface area contributed by atoms with Gasteiger partial charge in [-0.1, -0.05) is 0 Å². The Bertz CT molecular complexity index is 998. The number of hydrogen-bond acceptors (Lipinski definition) is 7. The van der Waals surface area contributed by atoms with Crippen LogP contribution in [-0.2, 0) is 14.3 Å². The van der Waals surface area contributed by atoms with Crippen molar-refractivity contribution in [3.63, 3.8) is 0 Å². The molecule has 0 bridgehead atoms. The van der Waals surface area contributed by atoms with Gasteiger partial charge in [0.15, 0.2) is 0 Å². The van der Waals surface area contributed by atoms with Crippen LogP contribution in [-0.4, -0.2) is 61.6 Å². The molecule has 1 N–H and O–H groups in total. The molecule has 1 atom stereocenters. The van der Waals surface area contributed by atoms with Gasteiger partial charge in [0.1, 0.15) is 5.75 Å². The molecule has 8 heteroatoms. The second kappa shape index (κ2) is 10.0. The fourth-order valence-electron chi connectivity index (χ4n) is 4.41. The quantitative estimate of drug-likeness (QED) is 0.511. The molecule has 2 amide bonds. The zero-order valence-electron chi connectivity index (χ0n) is 19.0. The number of hydrogen-bond donors (Lipinski definition) is 1. The zero-order valence-corrected chi connectivity index (χ0v) is 19.0. The lowest BCUT2D eigenvalue weighted by atomic mass is 10.0. The maximum atomic E-state index is 13.1. The van der Waals surface area contributed by atoms with E-state index in [1.165, 1.54) is 4.90 Å². The number of likely N-dealkylation sites (tertiary alicyclic amines) is 1. The van der Waals surface area contributed by atoms with Gasteiger partial charge in [-0.3, -0.25) is 14.5 Å². The van der Waals surface area contributed by atoms with Gasteiger partial charge in [0.2, 0.25) is 5.91 Å². The lowest BCUT2D eigenvalue weighted by molar-refractivity contribution is -0.123. The minimum atomic E-state index is -0.441. The molecule has 2 aliphatic heterocycles. The fourth-order valence-corrected chi connectivity index (χ4v) is 4.41. The number of piperidine rings is 1. The first-order chi connectivity index (χ1) is 16.0. The molecule has 2 saturated heterocycles. The first-order valence-corrected chi connectivity index (χ1v) is 11.3. The third-order valence-corrected chi connectivity index (χ3v) is 6.19. The molecular formula is C25H29N3O5. The number of carbonyl (C=O) groups excluding carboxylic acids is 3. The molecular weight excluding hydrogens is 422 g/mol. The van der Waals surface area contributed by atoms with E-state index in [9.17, 15) is 14.4 Å². The molecule has 0 radical (unpaired) electrons. The summed E-state index contributed by atoms with van der Waals surface area (Å²) in [5, 5.41) is 3.54. The molecule has 8 nitrogen and oxygen atoms in total. The topological polar surface area (TPSA) is 88.2 Å². The van der Waals surface area contributed by atoms with E-state index in [0.717, 1.165) is 37.4 Å². The normalized spacial score (nSPS) is 19.6. The van der Waals surface area contributed by atoms with Gasteiger partial charge < -0.3 is 14.8 Å². The first-order valence-electron chi connectivity index (χ1n) is 11.3. The molecule has 0 aromatic heterocycles. The monoisotopic (exact) mass is 451 g/mol. The van der Waals surface area contributed by atoms with Crippen molar-refractivity contribution < 1.29 is 23.9 Å². The first kappa shape index (κ1) is 22.8. The molecule has 174 valence electrons. The van der Waals surface area contributed by atoms with Crippen molar-refractivity contribution in [2.24, 2.45) is 0 Å². The Morgan fingerprint density at radius 1 is 1.03 bits per heavy atom. The van der Waals surface area contributed by atoms with Crippen LogP contribution >= 0.6 is 0 Å². The summed E-state index contributed by atoms with van der Waals surface area (Å²) in [5.74, 6) is -0.0233. The highest BCUT2D eigenvalue weighted by atomic mass is 16.5. The number of rotatable bonds is 7. The molecule has 2 aromatic rings. The number of carbonyl (C=O) groups is 3. The standard InChI is InChI=1S/C25H29N3O5/c1-3-33-25(31)17-4-8-20(9-5-17)28-23(29)16-22(24(28)30)27-14-12-19(13-15-27)26-18-6-10-21(32-2)11-7-18/h4-11,19,22,26H,3,12-16H2,1-2H3/t22-/m1/s1. The number of methoxy groups -OCH3 is 1. The summed E-state index contributed by atoms with van der Waals surface area (Å²) in [4.78, 5) is 41.0. The Hall–Kier alpha value is -3.39. The number of nitrogens with one attached hydrogen (secondary N) is 1. The number of ether oxygens (including phenoxy) is 2. The summed E-state index contributed by atoms with van der Waals surface area (Å²) in [6.07, 6.45) is 1.95. The van der Waals surface area contributed by atoms with Crippen molar-refractivity contribution in [2.45, 2.75) is 38.3 Å². The number of amides is 2. The van der Waals surface area contributed by atoms with Crippen molar-refractivity contribution in [3.05, 3.63) is 54.1 Å². The Labute approximate surface area is 193 Å². The molecule has 2 heterocycles. The average Bonchev–Trinajstić information content (AvgIpc) is 3.14. The van der Waals surface area contributed by atoms with Crippen molar-refractivity contribution in [1.29, 1.82) is 0 Å².